The first-order valence-electron chi connectivity index (χ1n) is 7.75. The van der Waals surface area contributed by atoms with E-state index >= 15 is 0 Å². The summed E-state index contributed by atoms with van der Waals surface area (Å²) in [6.45, 7) is 7.44. The highest BCUT2D eigenvalue weighted by molar-refractivity contribution is 5.99. The maximum atomic E-state index is 12.3. The zero-order valence-corrected chi connectivity index (χ0v) is 14.1. The number of carbonyl (C=O) groups is 2. The number of aliphatic carboxylic acids is 1. The van der Waals surface area contributed by atoms with Crippen LogP contribution in [-0.4, -0.2) is 31.7 Å². The monoisotopic (exact) mass is 328 g/mol. The summed E-state index contributed by atoms with van der Waals surface area (Å²) in [4.78, 5) is 27.8. The molecule has 0 aromatic carbocycles. The lowest BCUT2D eigenvalue weighted by atomic mass is 10.1. The molecule has 0 spiro atoms. The molecule has 1 fully saturated rings. The molecule has 7 nitrogen and oxygen atoms in total. The highest BCUT2D eigenvalue weighted by Gasteiger charge is 2.65. The van der Waals surface area contributed by atoms with Gasteiger partial charge in [0.15, 0.2) is 5.82 Å². The van der Waals surface area contributed by atoms with E-state index in [4.69, 9.17) is 5.11 Å². The number of pyridine rings is 1. The second-order valence-electron chi connectivity index (χ2n) is 6.85. The number of carbonyl (C=O) groups excluding carboxylic acids is 1. The van der Waals surface area contributed by atoms with Crippen LogP contribution in [0.25, 0.3) is 5.82 Å². The van der Waals surface area contributed by atoms with Gasteiger partial charge in [-0.3, -0.25) is 9.59 Å². The minimum atomic E-state index is -0.932. The Labute approximate surface area is 139 Å². The van der Waals surface area contributed by atoms with Crippen molar-refractivity contribution >= 4 is 17.6 Å². The summed E-state index contributed by atoms with van der Waals surface area (Å²) in [7, 11) is 0. The minimum Gasteiger partial charge on any atom is -0.481 e. The SMILES string of the molecule is Cc1cc(C)n(-c2ccc(NC(=O)[C@@H]3[C@H](C(=O)O)C3(C)C)cn2)n1. The molecule has 1 aliphatic rings. The van der Waals surface area contributed by atoms with Gasteiger partial charge in [0.2, 0.25) is 5.91 Å². The summed E-state index contributed by atoms with van der Waals surface area (Å²) in [6, 6.07) is 5.46. The van der Waals surface area contributed by atoms with E-state index in [1.54, 1.807) is 36.9 Å². The van der Waals surface area contributed by atoms with Crippen molar-refractivity contribution in [3.8, 4) is 5.82 Å². The Morgan fingerprint density at radius 3 is 2.42 bits per heavy atom. The lowest BCUT2D eigenvalue weighted by molar-refractivity contribution is -0.140. The maximum absolute atomic E-state index is 12.3. The molecule has 2 aromatic rings. The molecular formula is C17H20N4O3. The van der Waals surface area contributed by atoms with Gasteiger partial charge in [0.25, 0.3) is 0 Å². The van der Waals surface area contributed by atoms with E-state index in [2.05, 4.69) is 15.4 Å². The van der Waals surface area contributed by atoms with Gasteiger partial charge in [-0.2, -0.15) is 5.10 Å². The van der Waals surface area contributed by atoms with Gasteiger partial charge in [0, 0.05) is 5.69 Å². The molecule has 0 unspecified atom stereocenters. The summed E-state index contributed by atoms with van der Waals surface area (Å²) in [6.07, 6.45) is 1.55. The normalized spacial score (nSPS) is 21.3. The maximum Gasteiger partial charge on any atom is 0.307 e. The van der Waals surface area contributed by atoms with E-state index in [0.717, 1.165) is 11.4 Å². The fourth-order valence-corrected chi connectivity index (χ4v) is 3.25. The van der Waals surface area contributed by atoms with E-state index in [1.807, 2.05) is 19.9 Å². The molecule has 0 radical (unpaired) electrons. The summed E-state index contributed by atoms with van der Waals surface area (Å²) >= 11 is 0. The third-order valence-electron chi connectivity index (χ3n) is 4.62. The molecule has 1 amide bonds. The van der Waals surface area contributed by atoms with Crippen molar-refractivity contribution in [3.63, 3.8) is 0 Å². The summed E-state index contributed by atoms with van der Waals surface area (Å²) in [5, 5.41) is 16.3. The van der Waals surface area contributed by atoms with Crippen molar-refractivity contribution in [2.24, 2.45) is 17.3 Å². The molecule has 2 atom stereocenters. The number of rotatable bonds is 4. The molecule has 2 heterocycles. The largest absolute Gasteiger partial charge is 0.481 e. The predicted octanol–water partition coefficient (Wildman–Crippen LogP) is 2.18. The first-order chi connectivity index (χ1) is 11.2. The van der Waals surface area contributed by atoms with Crippen molar-refractivity contribution in [1.82, 2.24) is 14.8 Å². The number of nitrogens with one attached hydrogen (secondary N) is 1. The number of aromatic nitrogens is 3. The van der Waals surface area contributed by atoms with Gasteiger partial charge >= 0.3 is 5.97 Å². The van der Waals surface area contributed by atoms with Crippen LogP contribution in [0.3, 0.4) is 0 Å². The molecule has 2 N–H and O–H groups in total. The number of anilines is 1. The van der Waals surface area contributed by atoms with Crippen LogP contribution in [0.2, 0.25) is 0 Å². The molecule has 0 aliphatic heterocycles. The van der Waals surface area contributed by atoms with Crippen LogP contribution in [0.4, 0.5) is 5.69 Å². The average Bonchev–Trinajstić information content (AvgIpc) is 2.93. The Hall–Kier alpha value is -2.70. The first kappa shape index (κ1) is 16.2. The van der Waals surface area contributed by atoms with Crippen LogP contribution in [0.5, 0.6) is 0 Å². The number of nitrogens with zero attached hydrogens (tertiary/aromatic N) is 3. The van der Waals surface area contributed by atoms with Gasteiger partial charge in [-0.25, -0.2) is 9.67 Å². The molecule has 7 heteroatoms. The molecule has 1 saturated carbocycles. The quantitative estimate of drug-likeness (QED) is 0.896. The average molecular weight is 328 g/mol. The summed E-state index contributed by atoms with van der Waals surface area (Å²) in [5.74, 6) is -1.72. The van der Waals surface area contributed by atoms with E-state index < -0.39 is 23.2 Å². The first-order valence-corrected chi connectivity index (χ1v) is 7.75. The van der Waals surface area contributed by atoms with Gasteiger partial charge in [-0.05, 0) is 37.5 Å². The fraction of sp³-hybridized carbons (Fsp3) is 0.412. The van der Waals surface area contributed by atoms with Crippen LogP contribution in [0, 0.1) is 31.1 Å². The lowest BCUT2D eigenvalue weighted by Crippen LogP contribution is -2.18. The Balaban J connectivity index is 1.72. The van der Waals surface area contributed by atoms with E-state index in [1.165, 1.54) is 0 Å². The molecule has 3 rings (SSSR count). The molecule has 1 aliphatic carbocycles. The molecule has 0 saturated heterocycles. The minimum absolute atomic E-state index is 0.284. The number of hydrogen-bond donors (Lipinski definition) is 2. The number of carboxylic acids is 1. The fourth-order valence-electron chi connectivity index (χ4n) is 3.25. The molecule has 126 valence electrons. The van der Waals surface area contributed by atoms with E-state index in [0.29, 0.717) is 11.5 Å². The topological polar surface area (TPSA) is 97.1 Å². The zero-order chi connectivity index (χ0) is 17.6. The molecule has 2 aromatic heterocycles. The molecular weight excluding hydrogens is 308 g/mol. The second-order valence-corrected chi connectivity index (χ2v) is 6.85. The Morgan fingerprint density at radius 2 is 1.96 bits per heavy atom. The van der Waals surface area contributed by atoms with E-state index in [-0.39, 0.29) is 5.91 Å². The number of aryl methyl sites for hydroxylation is 2. The van der Waals surface area contributed by atoms with Crippen molar-refractivity contribution in [2.75, 3.05) is 5.32 Å². The third kappa shape index (κ3) is 2.66. The Morgan fingerprint density at radius 1 is 1.25 bits per heavy atom. The van der Waals surface area contributed by atoms with Crippen molar-refractivity contribution < 1.29 is 14.7 Å². The highest BCUT2D eigenvalue weighted by atomic mass is 16.4. The van der Waals surface area contributed by atoms with Crippen molar-refractivity contribution in [3.05, 3.63) is 35.8 Å². The van der Waals surface area contributed by atoms with Crippen LogP contribution < -0.4 is 5.32 Å². The highest BCUT2D eigenvalue weighted by Crippen LogP contribution is 2.58. The number of amides is 1. The van der Waals surface area contributed by atoms with Gasteiger partial charge in [-0.1, -0.05) is 13.8 Å². The third-order valence-corrected chi connectivity index (χ3v) is 4.62. The van der Waals surface area contributed by atoms with Crippen LogP contribution >= 0.6 is 0 Å². The van der Waals surface area contributed by atoms with Crippen LogP contribution in [0.1, 0.15) is 25.2 Å². The van der Waals surface area contributed by atoms with Crippen molar-refractivity contribution in [1.29, 1.82) is 0 Å². The van der Waals surface area contributed by atoms with E-state index in [9.17, 15) is 9.59 Å². The van der Waals surface area contributed by atoms with Crippen LogP contribution in [0.15, 0.2) is 24.4 Å². The molecule has 0 bridgehead atoms. The number of hydrogen-bond acceptors (Lipinski definition) is 4. The smallest absolute Gasteiger partial charge is 0.307 e. The van der Waals surface area contributed by atoms with Crippen LogP contribution in [-0.2, 0) is 9.59 Å². The van der Waals surface area contributed by atoms with Gasteiger partial charge in [0.1, 0.15) is 0 Å². The van der Waals surface area contributed by atoms with Gasteiger partial charge in [0.05, 0.1) is 29.4 Å². The second kappa shape index (κ2) is 5.43. The predicted molar refractivity (Wildman–Crippen MR) is 87.9 cm³/mol. The van der Waals surface area contributed by atoms with Gasteiger partial charge < -0.3 is 10.4 Å². The lowest BCUT2D eigenvalue weighted by Gasteiger charge is -2.07. The number of carboxylic acid groups (broad SMARTS) is 1. The van der Waals surface area contributed by atoms with Crippen molar-refractivity contribution in [2.45, 2.75) is 27.7 Å². The van der Waals surface area contributed by atoms with Gasteiger partial charge in [-0.15, -0.1) is 0 Å². The Bertz CT molecular complexity index is 808. The summed E-state index contributed by atoms with van der Waals surface area (Å²) < 4.78 is 1.73. The zero-order valence-electron chi connectivity index (χ0n) is 14.1. The molecule has 24 heavy (non-hydrogen) atoms. The Kier molecular flexibility index (Phi) is 3.66. The summed E-state index contributed by atoms with van der Waals surface area (Å²) in [5.41, 5.74) is 1.90. The standard InChI is InChI=1S/C17H20N4O3/c1-9-7-10(2)21(20-9)12-6-5-11(8-18-12)19-15(22)13-14(16(23)24)17(13,3)4/h5-8,13-14H,1-4H3,(H,19,22)(H,23,24)/t13-,14+/m0/s1.